The molecule has 0 bridgehead atoms. The van der Waals surface area contributed by atoms with Crippen LogP contribution < -0.4 is 5.32 Å². The predicted octanol–water partition coefficient (Wildman–Crippen LogP) is 2.29. The van der Waals surface area contributed by atoms with Crippen LogP contribution in [-0.4, -0.2) is 32.9 Å². The van der Waals surface area contributed by atoms with Gasteiger partial charge in [-0.05, 0) is 42.1 Å². The highest BCUT2D eigenvalue weighted by Gasteiger charge is 2.32. The fraction of sp³-hybridized carbons (Fsp3) is 0.0556. The quantitative estimate of drug-likeness (QED) is 0.403. The van der Waals surface area contributed by atoms with Gasteiger partial charge in [0.05, 0.1) is 0 Å². The number of carbonyl (C=O) groups is 2. The number of benzene rings is 1. The van der Waals surface area contributed by atoms with Gasteiger partial charge in [-0.15, -0.1) is 6.58 Å². The van der Waals surface area contributed by atoms with Crippen molar-refractivity contribution >= 4 is 35.2 Å². The Hall–Kier alpha value is -2.99. The second-order valence-corrected chi connectivity index (χ2v) is 5.60. The van der Waals surface area contributed by atoms with E-state index in [1.165, 1.54) is 4.90 Å². The molecule has 1 fully saturated rings. The Morgan fingerprint density at radius 2 is 1.92 bits per heavy atom. The van der Waals surface area contributed by atoms with E-state index in [2.05, 4.69) is 11.9 Å². The molecule has 2 heterocycles. The number of hydrogen-bond donors (Lipinski definition) is 1. The highest BCUT2D eigenvalue weighted by molar-refractivity contribution is 7.80. The standard InChI is InChI=1S/C18H15N3O2S/c1-2-9-21-17(23)15(16(22)19-18(21)24)11-13-8-10-20(12-13)14-6-4-3-5-7-14/h2-8,10-12H,1,9H2,(H,19,22,24)/b15-11+. The first kappa shape index (κ1) is 15.9. The molecule has 1 aliphatic heterocycles. The molecule has 0 unspecified atom stereocenters. The highest BCUT2D eigenvalue weighted by Crippen LogP contribution is 2.17. The van der Waals surface area contributed by atoms with Crippen LogP contribution in [0.4, 0.5) is 0 Å². The summed E-state index contributed by atoms with van der Waals surface area (Å²) < 4.78 is 1.92. The first-order valence-electron chi connectivity index (χ1n) is 7.33. The normalized spacial score (nSPS) is 16.4. The van der Waals surface area contributed by atoms with Gasteiger partial charge in [0.1, 0.15) is 5.57 Å². The van der Waals surface area contributed by atoms with E-state index < -0.39 is 11.8 Å². The fourth-order valence-electron chi connectivity index (χ4n) is 2.41. The minimum atomic E-state index is -0.488. The Labute approximate surface area is 144 Å². The Morgan fingerprint density at radius 1 is 1.17 bits per heavy atom. The van der Waals surface area contributed by atoms with Crippen molar-refractivity contribution in [3.63, 3.8) is 0 Å². The predicted molar refractivity (Wildman–Crippen MR) is 96.4 cm³/mol. The van der Waals surface area contributed by atoms with E-state index in [0.717, 1.165) is 11.3 Å². The van der Waals surface area contributed by atoms with Gasteiger partial charge in [-0.3, -0.25) is 19.8 Å². The smallest absolute Gasteiger partial charge is 0.265 e. The third-order valence-electron chi connectivity index (χ3n) is 3.58. The Kier molecular flexibility index (Phi) is 4.39. The summed E-state index contributed by atoms with van der Waals surface area (Å²) in [5.74, 6) is -0.908. The average molecular weight is 337 g/mol. The van der Waals surface area contributed by atoms with Gasteiger partial charge in [-0.25, -0.2) is 0 Å². The zero-order chi connectivity index (χ0) is 17.1. The molecule has 120 valence electrons. The molecule has 24 heavy (non-hydrogen) atoms. The number of aromatic nitrogens is 1. The molecule has 2 amide bonds. The van der Waals surface area contributed by atoms with Crippen LogP contribution in [0, 0.1) is 0 Å². The minimum Gasteiger partial charge on any atom is -0.323 e. The second kappa shape index (κ2) is 6.64. The molecule has 2 aromatic rings. The molecule has 0 saturated carbocycles. The summed E-state index contributed by atoms with van der Waals surface area (Å²) in [6, 6.07) is 11.6. The van der Waals surface area contributed by atoms with Crippen molar-refractivity contribution in [3.05, 3.63) is 72.6 Å². The van der Waals surface area contributed by atoms with Crippen LogP contribution in [0.25, 0.3) is 11.8 Å². The lowest BCUT2D eigenvalue weighted by molar-refractivity contribution is -0.128. The van der Waals surface area contributed by atoms with Crippen LogP contribution >= 0.6 is 12.2 Å². The summed E-state index contributed by atoms with van der Waals surface area (Å²) >= 11 is 5.03. The molecule has 6 heteroatoms. The monoisotopic (exact) mass is 337 g/mol. The lowest BCUT2D eigenvalue weighted by Crippen LogP contribution is -2.53. The Morgan fingerprint density at radius 3 is 2.62 bits per heavy atom. The molecule has 1 aliphatic rings. The van der Waals surface area contributed by atoms with E-state index in [1.54, 1.807) is 12.2 Å². The Balaban J connectivity index is 1.91. The van der Waals surface area contributed by atoms with E-state index in [-0.39, 0.29) is 17.2 Å². The summed E-state index contributed by atoms with van der Waals surface area (Å²) in [5, 5.41) is 2.63. The maximum Gasteiger partial charge on any atom is 0.265 e. The molecule has 1 aromatic carbocycles. The van der Waals surface area contributed by atoms with E-state index in [0.29, 0.717) is 0 Å². The molecule has 0 aliphatic carbocycles. The molecular weight excluding hydrogens is 322 g/mol. The maximum atomic E-state index is 12.5. The van der Waals surface area contributed by atoms with Gasteiger partial charge >= 0.3 is 0 Å². The molecule has 1 aromatic heterocycles. The van der Waals surface area contributed by atoms with Crippen LogP contribution in [0.15, 0.2) is 67.0 Å². The van der Waals surface area contributed by atoms with Gasteiger partial charge in [0.25, 0.3) is 11.8 Å². The molecule has 5 nitrogen and oxygen atoms in total. The molecular formula is C18H15N3O2S. The van der Waals surface area contributed by atoms with Crippen molar-refractivity contribution in [3.8, 4) is 5.69 Å². The van der Waals surface area contributed by atoms with Gasteiger partial charge < -0.3 is 4.57 Å². The second-order valence-electron chi connectivity index (χ2n) is 5.21. The molecule has 1 saturated heterocycles. The minimum absolute atomic E-state index is 0.0521. The highest BCUT2D eigenvalue weighted by atomic mass is 32.1. The fourth-order valence-corrected chi connectivity index (χ4v) is 2.66. The van der Waals surface area contributed by atoms with E-state index in [4.69, 9.17) is 12.2 Å². The third-order valence-corrected chi connectivity index (χ3v) is 3.90. The molecule has 1 N–H and O–H groups in total. The average Bonchev–Trinajstić information content (AvgIpc) is 3.05. The van der Waals surface area contributed by atoms with Crippen molar-refractivity contribution in [1.29, 1.82) is 0 Å². The third kappa shape index (κ3) is 3.04. The van der Waals surface area contributed by atoms with E-state index >= 15 is 0 Å². The molecule has 3 rings (SSSR count). The van der Waals surface area contributed by atoms with Crippen molar-refractivity contribution in [1.82, 2.24) is 14.8 Å². The number of amides is 2. The van der Waals surface area contributed by atoms with Crippen molar-refractivity contribution in [2.75, 3.05) is 6.54 Å². The van der Waals surface area contributed by atoms with Gasteiger partial charge in [0, 0.05) is 24.6 Å². The Bertz CT molecular complexity index is 852. The maximum absolute atomic E-state index is 12.5. The largest absolute Gasteiger partial charge is 0.323 e. The van der Waals surface area contributed by atoms with Gasteiger partial charge in [0.15, 0.2) is 5.11 Å². The summed E-state index contributed by atoms with van der Waals surface area (Å²) in [7, 11) is 0. The molecule has 0 spiro atoms. The first-order chi connectivity index (χ1) is 11.6. The number of nitrogens with one attached hydrogen (secondary N) is 1. The summed E-state index contributed by atoms with van der Waals surface area (Å²) in [4.78, 5) is 25.9. The summed E-state index contributed by atoms with van der Waals surface area (Å²) in [6.45, 7) is 3.85. The van der Waals surface area contributed by atoms with Gasteiger partial charge in [-0.1, -0.05) is 24.3 Å². The summed E-state index contributed by atoms with van der Waals surface area (Å²) in [5.41, 5.74) is 1.80. The zero-order valence-corrected chi connectivity index (χ0v) is 13.6. The zero-order valence-electron chi connectivity index (χ0n) is 12.8. The SMILES string of the molecule is C=CCN1C(=O)/C(=C/c2ccn(-c3ccccc3)c2)C(=O)NC1=S. The van der Waals surface area contributed by atoms with Crippen LogP contribution in [-0.2, 0) is 9.59 Å². The first-order valence-corrected chi connectivity index (χ1v) is 7.74. The lowest BCUT2D eigenvalue weighted by Gasteiger charge is -2.27. The number of hydrogen-bond acceptors (Lipinski definition) is 3. The molecule has 0 atom stereocenters. The summed E-state index contributed by atoms with van der Waals surface area (Å²) in [6.07, 6.45) is 6.85. The van der Waals surface area contributed by atoms with Crippen LogP contribution in [0.2, 0.25) is 0 Å². The van der Waals surface area contributed by atoms with Crippen molar-refractivity contribution in [2.24, 2.45) is 0 Å². The number of nitrogens with zero attached hydrogens (tertiary/aromatic N) is 2. The van der Waals surface area contributed by atoms with Crippen LogP contribution in [0.3, 0.4) is 0 Å². The topological polar surface area (TPSA) is 54.3 Å². The van der Waals surface area contributed by atoms with E-state index in [1.807, 2.05) is 53.4 Å². The van der Waals surface area contributed by atoms with Crippen molar-refractivity contribution < 1.29 is 9.59 Å². The van der Waals surface area contributed by atoms with Crippen LogP contribution in [0.5, 0.6) is 0 Å². The lowest BCUT2D eigenvalue weighted by atomic mass is 10.1. The number of thiocarbonyl (C=S) groups is 1. The number of carbonyl (C=O) groups excluding carboxylic acids is 2. The van der Waals surface area contributed by atoms with E-state index in [9.17, 15) is 9.59 Å². The van der Waals surface area contributed by atoms with Crippen LogP contribution in [0.1, 0.15) is 5.56 Å². The van der Waals surface area contributed by atoms with Crippen molar-refractivity contribution in [2.45, 2.75) is 0 Å². The van der Waals surface area contributed by atoms with Gasteiger partial charge in [0.2, 0.25) is 0 Å². The molecule has 0 radical (unpaired) electrons. The number of rotatable bonds is 4. The van der Waals surface area contributed by atoms with Gasteiger partial charge in [-0.2, -0.15) is 0 Å². The number of para-hydroxylation sites is 1.